The van der Waals surface area contributed by atoms with E-state index >= 15 is 0 Å². The van der Waals surface area contributed by atoms with Gasteiger partial charge in [0.05, 0.1) is 12.5 Å². The van der Waals surface area contributed by atoms with Gasteiger partial charge >= 0.3 is 5.69 Å². The maximum absolute atomic E-state index is 14.1. The van der Waals surface area contributed by atoms with Crippen LogP contribution in [0.4, 0.5) is 13.2 Å². The number of carbonyl (C=O) groups is 1. The van der Waals surface area contributed by atoms with Gasteiger partial charge < -0.3 is 5.32 Å². The Bertz CT molecular complexity index is 1170. The number of rotatable bonds is 5. The van der Waals surface area contributed by atoms with Crippen LogP contribution in [-0.2, 0) is 24.4 Å². The second-order valence-electron chi connectivity index (χ2n) is 7.34. The molecule has 0 fully saturated rings. The molecule has 1 aromatic heterocycles. The predicted molar refractivity (Wildman–Crippen MR) is 107 cm³/mol. The highest BCUT2D eigenvalue weighted by Gasteiger charge is 2.31. The van der Waals surface area contributed by atoms with Crippen LogP contribution in [0.5, 0.6) is 0 Å². The number of nitrogens with one attached hydrogen (secondary N) is 1. The number of hydrogen-bond acceptors (Lipinski definition) is 3. The second-order valence-corrected chi connectivity index (χ2v) is 7.75. The number of carbonyl (C=O) groups excluding carboxylic acids is 1. The lowest BCUT2D eigenvalue weighted by Gasteiger charge is -2.21. The molecule has 0 bridgehead atoms. The molecule has 4 rings (SSSR count). The van der Waals surface area contributed by atoms with Gasteiger partial charge in [-0.25, -0.2) is 22.6 Å². The first-order chi connectivity index (χ1) is 14.8. The van der Waals surface area contributed by atoms with E-state index in [4.69, 9.17) is 11.6 Å². The van der Waals surface area contributed by atoms with Gasteiger partial charge in [0.15, 0.2) is 0 Å². The normalized spacial score (nSPS) is 15.5. The zero-order valence-corrected chi connectivity index (χ0v) is 17.0. The van der Waals surface area contributed by atoms with Crippen molar-refractivity contribution in [2.45, 2.75) is 38.4 Å². The van der Waals surface area contributed by atoms with E-state index in [9.17, 15) is 22.8 Å². The van der Waals surface area contributed by atoms with Crippen LogP contribution in [0.2, 0.25) is 5.02 Å². The Morgan fingerprint density at radius 3 is 2.65 bits per heavy atom. The maximum atomic E-state index is 14.1. The van der Waals surface area contributed by atoms with Crippen LogP contribution >= 0.6 is 11.6 Å². The highest BCUT2D eigenvalue weighted by molar-refractivity contribution is 6.31. The van der Waals surface area contributed by atoms with Crippen molar-refractivity contribution >= 4 is 17.5 Å². The summed E-state index contributed by atoms with van der Waals surface area (Å²) in [6.07, 6.45) is 1.03. The number of amides is 1. The molecule has 10 heteroatoms. The van der Waals surface area contributed by atoms with Gasteiger partial charge in [-0.05, 0) is 42.7 Å². The average Bonchev–Trinajstić information content (AvgIpc) is 3.04. The monoisotopic (exact) mass is 450 g/mol. The lowest BCUT2D eigenvalue weighted by molar-refractivity contribution is -0.123. The molecule has 0 radical (unpaired) electrons. The van der Waals surface area contributed by atoms with Gasteiger partial charge in [-0.1, -0.05) is 17.7 Å². The van der Waals surface area contributed by atoms with E-state index in [1.165, 1.54) is 22.8 Å². The van der Waals surface area contributed by atoms with Gasteiger partial charge in [-0.3, -0.25) is 9.36 Å². The molecule has 1 unspecified atom stereocenters. The van der Waals surface area contributed by atoms with Crippen LogP contribution in [0.1, 0.15) is 35.7 Å². The highest BCUT2D eigenvalue weighted by atomic mass is 35.5. The largest absolute Gasteiger partial charge is 0.351 e. The standard InChI is InChI=1S/C21H18ClF3N4O2/c22-17-4-1-5-18(25)16(17)11-29-21(31)28-6-2-3-15(19(28)27-29)20(30)26-10-12-7-13(23)9-14(24)8-12/h1,4-5,7-9,15H,2-3,6,10-11H2,(H,26,30). The van der Waals surface area contributed by atoms with Crippen molar-refractivity contribution in [3.05, 3.63) is 86.3 Å². The van der Waals surface area contributed by atoms with Crippen LogP contribution in [0.3, 0.4) is 0 Å². The van der Waals surface area contributed by atoms with E-state index in [2.05, 4.69) is 10.4 Å². The van der Waals surface area contributed by atoms with Crippen LogP contribution in [-0.4, -0.2) is 20.3 Å². The van der Waals surface area contributed by atoms with Gasteiger partial charge in [-0.15, -0.1) is 0 Å². The number of halogens is 4. The summed E-state index contributed by atoms with van der Waals surface area (Å²) in [5.74, 6) is -2.87. The van der Waals surface area contributed by atoms with E-state index in [1.807, 2.05) is 0 Å². The summed E-state index contributed by atoms with van der Waals surface area (Å²) in [4.78, 5) is 25.5. The van der Waals surface area contributed by atoms with Crippen molar-refractivity contribution in [1.82, 2.24) is 19.7 Å². The first kappa shape index (κ1) is 21.2. The van der Waals surface area contributed by atoms with E-state index in [1.54, 1.807) is 0 Å². The number of fused-ring (bicyclic) bond motifs is 1. The Balaban J connectivity index is 1.55. The summed E-state index contributed by atoms with van der Waals surface area (Å²) < 4.78 is 43.3. The van der Waals surface area contributed by atoms with Crippen molar-refractivity contribution in [2.75, 3.05) is 0 Å². The molecule has 0 saturated heterocycles. The zero-order chi connectivity index (χ0) is 22.1. The van der Waals surface area contributed by atoms with Crippen LogP contribution in [0.25, 0.3) is 0 Å². The van der Waals surface area contributed by atoms with Gasteiger partial charge in [0.2, 0.25) is 5.91 Å². The summed E-state index contributed by atoms with van der Waals surface area (Å²) in [5.41, 5.74) is -0.0476. The molecule has 0 spiro atoms. The van der Waals surface area contributed by atoms with Crippen LogP contribution in [0, 0.1) is 17.5 Å². The molecule has 1 aliphatic rings. The number of aromatic nitrogens is 3. The molecule has 0 aliphatic carbocycles. The van der Waals surface area contributed by atoms with Gasteiger partial charge in [0.1, 0.15) is 23.3 Å². The van der Waals surface area contributed by atoms with Crippen LogP contribution in [0.15, 0.2) is 41.2 Å². The first-order valence-electron chi connectivity index (χ1n) is 9.66. The molecular weight excluding hydrogens is 433 g/mol. The number of nitrogens with zero attached hydrogens (tertiary/aromatic N) is 3. The zero-order valence-electron chi connectivity index (χ0n) is 16.2. The van der Waals surface area contributed by atoms with E-state index < -0.39 is 35.0 Å². The highest BCUT2D eigenvalue weighted by Crippen LogP contribution is 2.25. The van der Waals surface area contributed by atoms with Gasteiger partial charge in [-0.2, -0.15) is 5.10 Å². The van der Waals surface area contributed by atoms with Crippen molar-refractivity contribution < 1.29 is 18.0 Å². The van der Waals surface area contributed by atoms with Crippen LogP contribution < -0.4 is 11.0 Å². The Labute approximate surface area is 180 Å². The summed E-state index contributed by atoms with van der Waals surface area (Å²) >= 11 is 6.05. The molecule has 0 saturated carbocycles. The summed E-state index contributed by atoms with van der Waals surface area (Å²) in [6.45, 7) is 0.152. The third-order valence-corrected chi connectivity index (χ3v) is 5.57. The predicted octanol–water partition coefficient (Wildman–Crippen LogP) is 3.36. The molecule has 2 aromatic carbocycles. The smallest absolute Gasteiger partial charge is 0.346 e. The molecule has 3 aromatic rings. The fourth-order valence-electron chi connectivity index (χ4n) is 3.72. The summed E-state index contributed by atoms with van der Waals surface area (Å²) in [5, 5.41) is 7.09. The molecule has 1 N–H and O–H groups in total. The quantitative estimate of drug-likeness (QED) is 0.648. The third-order valence-electron chi connectivity index (χ3n) is 5.21. The fraction of sp³-hybridized carbons (Fsp3) is 0.286. The summed E-state index contributed by atoms with van der Waals surface area (Å²) in [7, 11) is 0. The molecule has 1 aliphatic heterocycles. The van der Waals surface area contributed by atoms with Crippen molar-refractivity contribution in [3.8, 4) is 0 Å². The second kappa shape index (κ2) is 8.58. The lowest BCUT2D eigenvalue weighted by Crippen LogP contribution is -2.35. The molecule has 1 amide bonds. The number of hydrogen-bond donors (Lipinski definition) is 1. The number of benzene rings is 2. The Hall–Kier alpha value is -3.07. The van der Waals surface area contributed by atoms with Gasteiger partial charge in [0, 0.05) is 29.7 Å². The summed E-state index contributed by atoms with van der Waals surface area (Å²) in [6, 6.07) is 7.24. The molecule has 1 atom stereocenters. The molecule has 31 heavy (non-hydrogen) atoms. The molecule has 2 heterocycles. The van der Waals surface area contributed by atoms with Gasteiger partial charge in [0.25, 0.3) is 0 Å². The first-order valence-corrected chi connectivity index (χ1v) is 10.0. The third kappa shape index (κ3) is 4.36. The maximum Gasteiger partial charge on any atom is 0.346 e. The van der Waals surface area contributed by atoms with E-state index in [0.29, 0.717) is 19.4 Å². The van der Waals surface area contributed by atoms with Crippen molar-refractivity contribution in [3.63, 3.8) is 0 Å². The minimum Gasteiger partial charge on any atom is -0.351 e. The average molecular weight is 451 g/mol. The fourth-order valence-corrected chi connectivity index (χ4v) is 3.94. The topological polar surface area (TPSA) is 68.9 Å². The minimum atomic E-state index is -0.735. The SMILES string of the molecule is O=C(NCc1cc(F)cc(F)c1)C1CCCn2c1nn(Cc1c(F)cccc1Cl)c2=O. The molecular formula is C21H18ClF3N4O2. The Morgan fingerprint density at radius 1 is 1.19 bits per heavy atom. The van der Waals surface area contributed by atoms with Crippen molar-refractivity contribution in [2.24, 2.45) is 0 Å². The lowest BCUT2D eigenvalue weighted by atomic mass is 9.98. The minimum absolute atomic E-state index is 0.0697. The van der Waals surface area contributed by atoms with Crippen molar-refractivity contribution in [1.29, 1.82) is 0 Å². The molecule has 162 valence electrons. The van der Waals surface area contributed by atoms with E-state index in [0.717, 1.165) is 22.9 Å². The van der Waals surface area contributed by atoms with E-state index in [-0.39, 0.29) is 35.1 Å². The Morgan fingerprint density at radius 2 is 1.94 bits per heavy atom. The Kier molecular flexibility index (Phi) is 5.86. The molecule has 6 nitrogen and oxygen atoms in total.